The minimum Gasteiger partial charge on any atom is -0.331 e. The van der Waals surface area contributed by atoms with Gasteiger partial charge in [0, 0.05) is 11.4 Å². The van der Waals surface area contributed by atoms with Crippen LogP contribution in [0.1, 0.15) is 31.7 Å². The van der Waals surface area contributed by atoms with Crippen molar-refractivity contribution < 1.29 is 18.1 Å². The summed E-state index contributed by atoms with van der Waals surface area (Å²) in [5.41, 5.74) is 1.01. The molecule has 1 amide bonds. The minimum absolute atomic E-state index is 0.166. The normalized spacial score (nSPS) is 24.8. The van der Waals surface area contributed by atoms with Gasteiger partial charge in [-0.1, -0.05) is 37.6 Å². The fourth-order valence-electron chi connectivity index (χ4n) is 4.22. The zero-order chi connectivity index (χ0) is 18.9. The molecular formula is C19H28ClN2O3S+. The van der Waals surface area contributed by atoms with Crippen molar-refractivity contribution in [2.24, 2.45) is 5.92 Å². The summed E-state index contributed by atoms with van der Waals surface area (Å²) in [6.45, 7) is 7.20. The number of nitrogens with zero attached hydrogens (tertiary/aromatic N) is 1. The number of nitrogens with one attached hydrogen (secondary N) is 1. The molecule has 2 heterocycles. The number of benzene rings is 1. The van der Waals surface area contributed by atoms with Gasteiger partial charge in [-0.05, 0) is 23.6 Å². The van der Waals surface area contributed by atoms with E-state index in [2.05, 4.69) is 13.8 Å². The van der Waals surface area contributed by atoms with E-state index in [0.717, 1.165) is 25.1 Å². The average Bonchev–Trinajstić information content (AvgIpc) is 2.96. The summed E-state index contributed by atoms with van der Waals surface area (Å²) in [6.07, 6.45) is 0.755. The Morgan fingerprint density at radius 3 is 2.31 bits per heavy atom. The smallest absolute Gasteiger partial charge is 0.230 e. The van der Waals surface area contributed by atoms with Crippen LogP contribution in [0.15, 0.2) is 24.3 Å². The van der Waals surface area contributed by atoms with E-state index < -0.39 is 9.84 Å². The van der Waals surface area contributed by atoms with Gasteiger partial charge in [0.2, 0.25) is 5.91 Å². The van der Waals surface area contributed by atoms with Crippen LogP contribution in [0.5, 0.6) is 0 Å². The molecule has 2 aliphatic rings. The fourth-order valence-corrected chi connectivity index (χ4v) is 6.17. The van der Waals surface area contributed by atoms with Gasteiger partial charge in [0.15, 0.2) is 9.84 Å². The van der Waals surface area contributed by atoms with Gasteiger partial charge in [0.25, 0.3) is 0 Å². The first kappa shape index (κ1) is 19.6. The zero-order valence-electron chi connectivity index (χ0n) is 15.4. The maximum absolute atomic E-state index is 13.1. The molecule has 7 heteroatoms. The quantitative estimate of drug-likeness (QED) is 0.821. The fraction of sp³-hybridized carbons (Fsp3) is 0.632. The molecule has 0 aromatic heterocycles. The SMILES string of the molecule is CC(C)[C@H](C(=O)N1CC[NH+]([C@@H]2CCS(=O)(=O)C2)CC1)c1ccc(Cl)cc1. The summed E-state index contributed by atoms with van der Waals surface area (Å²) in [5.74, 6) is 0.820. The molecule has 2 atom stereocenters. The van der Waals surface area contributed by atoms with Crippen LogP contribution in [-0.2, 0) is 14.6 Å². The molecule has 1 aromatic carbocycles. The maximum atomic E-state index is 13.1. The Kier molecular flexibility index (Phi) is 5.94. The molecule has 0 unspecified atom stereocenters. The monoisotopic (exact) mass is 399 g/mol. The van der Waals surface area contributed by atoms with Crippen molar-refractivity contribution in [2.45, 2.75) is 32.2 Å². The third-order valence-corrected chi connectivity index (χ3v) is 7.71. The van der Waals surface area contributed by atoms with Crippen LogP contribution in [0.25, 0.3) is 0 Å². The van der Waals surface area contributed by atoms with Crippen molar-refractivity contribution in [1.82, 2.24) is 4.90 Å². The van der Waals surface area contributed by atoms with Crippen LogP contribution >= 0.6 is 11.6 Å². The lowest BCUT2D eigenvalue weighted by Gasteiger charge is -2.37. The van der Waals surface area contributed by atoms with Crippen molar-refractivity contribution in [1.29, 1.82) is 0 Å². The van der Waals surface area contributed by atoms with E-state index in [1.807, 2.05) is 29.2 Å². The molecule has 26 heavy (non-hydrogen) atoms. The number of carbonyl (C=O) groups excluding carboxylic acids is 1. The Morgan fingerprint density at radius 1 is 1.19 bits per heavy atom. The number of hydrogen-bond acceptors (Lipinski definition) is 3. The maximum Gasteiger partial charge on any atom is 0.230 e. The topological polar surface area (TPSA) is 58.9 Å². The predicted molar refractivity (Wildman–Crippen MR) is 103 cm³/mol. The number of piperazine rings is 1. The second kappa shape index (κ2) is 7.87. The molecule has 1 aromatic rings. The lowest BCUT2D eigenvalue weighted by Crippen LogP contribution is -3.18. The second-order valence-electron chi connectivity index (χ2n) is 7.86. The summed E-state index contributed by atoms with van der Waals surface area (Å²) in [6, 6.07) is 7.75. The molecule has 0 radical (unpaired) electrons. The Labute approximate surface area is 161 Å². The molecule has 2 aliphatic heterocycles. The van der Waals surface area contributed by atoms with E-state index in [-0.39, 0.29) is 23.8 Å². The Balaban J connectivity index is 1.64. The van der Waals surface area contributed by atoms with Crippen molar-refractivity contribution in [3.8, 4) is 0 Å². The van der Waals surface area contributed by atoms with Crippen LogP contribution < -0.4 is 4.90 Å². The molecule has 1 N–H and O–H groups in total. The highest BCUT2D eigenvalue weighted by atomic mass is 35.5. The first-order valence-electron chi connectivity index (χ1n) is 9.36. The molecule has 2 saturated heterocycles. The van der Waals surface area contributed by atoms with Gasteiger partial charge in [-0.2, -0.15) is 0 Å². The molecule has 0 saturated carbocycles. The van der Waals surface area contributed by atoms with Crippen LogP contribution in [0.3, 0.4) is 0 Å². The van der Waals surface area contributed by atoms with Gasteiger partial charge >= 0.3 is 0 Å². The predicted octanol–water partition coefficient (Wildman–Crippen LogP) is 0.994. The molecule has 144 valence electrons. The first-order valence-corrected chi connectivity index (χ1v) is 11.6. The number of hydrogen-bond donors (Lipinski definition) is 1. The van der Waals surface area contributed by atoms with Crippen LogP contribution in [0.4, 0.5) is 0 Å². The first-order chi connectivity index (χ1) is 12.3. The van der Waals surface area contributed by atoms with E-state index in [1.54, 1.807) is 0 Å². The molecule has 0 bridgehead atoms. The van der Waals surface area contributed by atoms with E-state index >= 15 is 0 Å². The van der Waals surface area contributed by atoms with E-state index in [0.29, 0.717) is 29.6 Å². The Morgan fingerprint density at radius 2 is 1.81 bits per heavy atom. The van der Waals surface area contributed by atoms with Crippen LogP contribution in [0, 0.1) is 5.92 Å². The third kappa shape index (κ3) is 4.41. The highest BCUT2D eigenvalue weighted by Gasteiger charge is 2.38. The van der Waals surface area contributed by atoms with E-state index in [9.17, 15) is 13.2 Å². The van der Waals surface area contributed by atoms with Crippen LogP contribution in [0.2, 0.25) is 5.02 Å². The van der Waals surface area contributed by atoms with Gasteiger partial charge in [0.1, 0.15) is 11.8 Å². The number of rotatable bonds is 4. The van der Waals surface area contributed by atoms with Gasteiger partial charge in [0.05, 0.1) is 37.8 Å². The zero-order valence-corrected chi connectivity index (χ0v) is 17.0. The molecule has 0 spiro atoms. The van der Waals surface area contributed by atoms with Gasteiger partial charge in [-0.25, -0.2) is 8.42 Å². The number of amides is 1. The highest BCUT2D eigenvalue weighted by molar-refractivity contribution is 7.91. The number of quaternary nitrogens is 1. The summed E-state index contributed by atoms with van der Waals surface area (Å²) < 4.78 is 23.4. The lowest BCUT2D eigenvalue weighted by molar-refractivity contribution is -0.925. The Bertz CT molecular complexity index is 741. The van der Waals surface area contributed by atoms with Gasteiger partial charge in [-0.15, -0.1) is 0 Å². The van der Waals surface area contributed by atoms with E-state index in [1.165, 1.54) is 4.90 Å². The average molecular weight is 400 g/mol. The largest absolute Gasteiger partial charge is 0.331 e. The van der Waals surface area contributed by atoms with Gasteiger partial charge < -0.3 is 9.80 Å². The highest BCUT2D eigenvalue weighted by Crippen LogP contribution is 2.28. The molecule has 2 fully saturated rings. The summed E-state index contributed by atoms with van der Waals surface area (Å²) in [7, 11) is -2.85. The summed E-state index contributed by atoms with van der Waals surface area (Å²) >= 11 is 5.98. The van der Waals surface area contributed by atoms with Crippen molar-refractivity contribution in [2.75, 3.05) is 37.7 Å². The molecular weight excluding hydrogens is 372 g/mol. The number of sulfone groups is 1. The van der Waals surface area contributed by atoms with E-state index in [4.69, 9.17) is 11.6 Å². The number of carbonyl (C=O) groups is 1. The molecule has 5 nitrogen and oxygen atoms in total. The summed E-state index contributed by atoms with van der Waals surface area (Å²) in [4.78, 5) is 16.4. The Hall–Kier alpha value is -1.11. The van der Waals surface area contributed by atoms with Crippen molar-refractivity contribution in [3.63, 3.8) is 0 Å². The number of halogens is 1. The summed E-state index contributed by atoms with van der Waals surface area (Å²) in [5, 5.41) is 0.674. The molecule has 0 aliphatic carbocycles. The second-order valence-corrected chi connectivity index (χ2v) is 10.5. The lowest BCUT2D eigenvalue weighted by atomic mass is 9.87. The third-order valence-electron chi connectivity index (χ3n) is 5.69. The van der Waals surface area contributed by atoms with Gasteiger partial charge in [-0.3, -0.25) is 4.79 Å². The van der Waals surface area contributed by atoms with Crippen molar-refractivity contribution in [3.05, 3.63) is 34.9 Å². The standard InChI is InChI=1S/C19H27ClN2O3S/c1-14(2)18(15-3-5-16(20)6-4-15)19(23)22-10-8-21(9-11-22)17-7-12-26(24,25)13-17/h3-6,14,17-18H,7-13H2,1-2H3/p+1/t17-,18+/m1/s1. The molecule has 3 rings (SSSR count). The minimum atomic E-state index is -2.85. The van der Waals surface area contributed by atoms with Crippen LogP contribution in [-0.4, -0.2) is 63.0 Å². The van der Waals surface area contributed by atoms with Crippen molar-refractivity contribution >= 4 is 27.3 Å².